The SMILES string of the molecule is NC(c1ccccc1)c1cncc(F)c1. The van der Waals surface area contributed by atoms with Crippen LogP contribution in [0, 0.1) is 5.82 Å². The van der Waals surface area contributed by atoms with Crippen molar-refractivity contribution in [2.75, 3.05) is 0 Å². The van der Waals surface area contributed by atoms with E-state index in [0.29, 0.717) is 5.56 Å². The van der Waals surface area contributed by atoms with Gasteiger partial charge in [0.2, 0.25) is 0 Å². The Morgan fingerprint density at radius 2 is 1.80 bits per heavy atom. The standard InChI is InChI=1S/C12H11FN2/c13-11-6-10(7-15-8-11)12(14)9-4-2-1-3-5-9/h1-8,12H,14H2. The maximum Gasteiger partial charge on any atom is 0.141 e. The minimum Gasteiger partial charge on any atom is -0.320 e. The molecule has 2 nitrogen and oxygen atoms in total. The highest BCUT2D eigenvalue weighted by atomic mass is 19.1. The van der Waals surface area contributed by atoms with E-state index in [1.807, 2.05) is 30.3 Å². The van der Waals surface area contributed by atoms with Crippen molar-refractivity contribution in [1.29, 1.82) is 0 Å². The molecule has 1 atom stereocenters. The summed E-state index contributed by atoms with van der Waals surface area (Å²) in [5.41, 5.74) is 7.61. The topological polar surface area (TPSA) is 38.9 Å². The number of hydrogen-bond donors (Lipinski definition) is 1. The van der Waals surface area contributed by atoms with E-state index in [9.17, 15) is 4.39 Å². The van der Waals surface area contributed by atoms with Gasteiger partial charge in [-0.15, -0.1) is 0 Å². The monoisotopic (exact) mass is 202 g/mol. The molecule has 15 heavy (non-hydrogen) atoms. The van der Waals surface area contributed by atoms with Crippen LogP contribution in [0.25, 0.3) is 0 Å². The molecule has 76 valence electrons. The molecule has 1 heterocycles. The Hall–Kier alpha value is -1.74. The van der Waals surface area contributed by atoms with E-state index in [2.05, 4.69) is 4.98 Å². The molecule has 0 aliphatic carbocycles. The quantitative estimate of drug-likeness (QED) is 0.811. The summed E-state index contributed by atoms with van der Waals surface area (Å²) in [5.74, 6) is -0.362. The predicted molar refractivity (Wildman–Crippen MR) is 56.7 cm³/mol. The first-order valence-electron chi connectivity index (χ1n) is 4.68. The van der Waals surface area contributed by atoms with Crippen LogP contribution < -0.4 is 5.73 Å². The van der Waals surface area contributed by atoms with Crippen LogP contribution in [-0.4, -0.2) is 4.98 Å². The summed E-state index contributed by atoms with van der Waals surface area (Å²) >= 11 is 0. The average molecular weight is 202 g/mol. The lowest BCUT2D eigenvalue weighted by molar-refractivity contribution is 0.616. The van der Waals surface area contributed by atoms with Crippen molar-refractivity contribution in [1.82, 2.24) is 4.98 Å². The molecule has 0 aliphatic heterocycles. The summed E-state index contributed by atoms with van der Waals surface area (Å²) < 4.78 is 12.9. The Kier molecular flexibility index (Phi) is 2.74. The molecule has 0 radical (unpaired) electrons. The molecule has 2 aromatic rings. The molecule has 3 heteroatoms. The average Bonchev–Trinajstić information content (AvgIpc) is 2.29. The van der Waals surface area contributed by atoms with Crippen LogP contribution in [-0.2, 0) is 0 Å². The highest BCUT2D eigenvalue weighted by molar-refractivity contribution is 5.29. The predicted octanol–water partition coefficient (Wildman–Crippen LogP) is 2.27. The van der Waals surface area contributed by atoms with E-state index in [4.69, 9.17) is 5.73 Å². The third-order valence-corrected chi connectivity index (χ3v) is 2.24. The maximum absolute atomic E-state index is 12.9. The first kappa shape index (κ1) is 9.80. The van der Waals surface area contributed by atoms with Crippen LogP contribution in [0.15, 0.2) is 48.8 Å². The summed E-state index contributed by atoms with van der Waals surface area (Å²) in [7, 11) is 0. The van der Waals surface area contributed by atoms with E-state index < -0.39 is 0 Å². The van der Waals surface area contributed by atoms with Gasteiger partial charge >= 0.3 is 0 Å². The fraction of sp³-hybridized carbons (Fsp3) is 0.0833. The number of rotatable bonds is 2. The third kappa shape index (κ3) is 2.19. The molecule has 1 unspecified atom stereocenters. The van der Waals surface area contributed by atoms with Crippen molar-refractivity contribution in [2.24, 2.45) is 5.73 Å². The number of pyridine rings is 1. The van der Waals surface area contributed by atoms with Crippen LogP contribution >= 0.6 is 0 Å². The van der Waals surface area contributed by atoms with Crippen molar-refractivity contribution in [3.8, 4) is 0 Å². The molecule has 2 N–H and O–H groups in total. The number of benzene rings is 1. The normalized spacial score (nSPS) is 12.4. The van der Waals surface area contributed by atoms with Crippen molar-refractivity contribution in [3.05, 3.63) is 65.7 Å². The van der Waals surface area contributed by atoms with Crippen LogP contribution in [0.2, 0.25) is 0 Å². The van der Waals surface area contributed by atoms with Gasteiger partial charge in [-0.25, -0.2) is 4.39 Å². The van der Waals surface area contributed by atoms with Gasteiger partial charge in [0.25, 0.3) is 0 Å². The number of nitrogens with zero attached hydrogens (tertiary/aromatic N) is 1. The summed E-state index contributed by atoms with van der Waals surface area (Å²) in [6.07, 6.45) is 2.75. The zero-order valence-electron chi connectivity index (χ0n) is 8.10. The Labute approximate surface area is 87.6 Å². The van der Waals surface area contributed by atoms with Crippen LogP contribution in [0.1, 0.15) is 17.2 Å². The minimum atomic E-state index is -0.362. The molecule has 0 saturated carbocycles. The fourth-order valence-electron chi connectivity index (χ4n) is 1.45. The summed E-state index contributed by atoms with van der Waals surface area (Å²) in [5, 5.41) is 0. The fourth-order valence-corrected chi connectivity index (χ4v) is 1.45. The second kappa shape index (κ2) is 4.19. The molecule has 1 aromatic heterocycles. The van der Waals surface area contributed by atoms with Crippen LogP contribution in [0.3, 0.4) is 0 Å². The Morgan fingerprint density at radius 1 is 1.07 bits per heavy atom. The second-order valence-corrected chi connectivity index (χ2v) is 3.32. The summed E-state index contributed by atoms with van der Waals surface area (Å²) in [6, 6.07) is 10.6. The van der Waals surface area contributed by atoms with E-state index >= 15 is 0 Å². The molecule has 0 fully saturated rings. The zero-order valence-corrected chi connectivity index (χ0v) is 8.10. The second-order valence-electron chi connectivity index (χ2n) is 3.32. The smallest absolute Gasteiger partial charge is 0.141 e. The largest absolute Gasteiger partial charge is 0.320 e. The molecular weight excluding hydrogens is 191 g/mol. The molecule has 1 aromatic carbocycles. The lowest BCUT2D eigenvalue weighted by atomic mass is 10.0. The third-order valence-electron chi connectivity index (χ3n) is 2.24. The Morgan fingerprint density at radius 3 is 2.47 bits per heavy atom. The Bertz CT molecular complexity index is 442. The highest BCUT2D eigenvalue weighted by Crippen LogP contribution is 2.18. The number of hydrogen-bond acceptors (Lipinski definition) is 2. The number of aromatic nitrogens is 1. The molecule has 0 saturated heterocycles. The van der Waals surface area contributed by atoms with Gasteiger partial charge in [-0.2, -0.15) is 0 Å². The van der Waals surface area contributed by atoms with Gasteiger partial charge in [-0.05, 0) is 17.2 Å². The van der Waals surface area contributed by atoms with E-state index in [1.165, 1.54) is 12.3 Å². The van der Waals surface area contributed by atoms with Gasteiger partial charge in [-0.3, -0.25) is 4.98 Å². The molecular formula is C12H11FN2. The minimum absolute atomic E-state index is 0.325. The van der Waals surface area contributed by atoms with E-state index in [-0.39, 0.29) is 11.9 Å². The summed E-state index contributed by atoms with van der Waals surface area (Å²) in [6.45, 7) is 0. The van der Waals surface area contributed by atoms with E-state index in [0.717, 1.165) is 5.56 Å². The number of halogens is 1. The Balaban J connectivity index is 2.32. The molecule has 0 aliphatic rings. The van der Waals surface area contributed by atoms with Gasteiger partial charge in [-0.1, -0.05) is 30.3 Å². The van der Waals surface area contributed by atoms with Gasteiger partial charge in [0, 0.05) is 6.20 Å². The molecule has 0 bridgehead atoms. The van der Waals surface area contributed by atoms with Crippen molar-refractivity contribution >= 4 is 0 Å². The lowest BCUT2D eigenvalue weighted by Gasteiger charge is -2.11. The van der Waals surface area contributed by atoms with Gasteiger partial charge in [0.15, 0.2) is 0 Å². The maximum atomic E-state index is 12.9. The summed E-state index contributed by atoms with van der Waals surface area (Å²) in [4.78, 5) is 3.78. The zero-order chi connectivity index (χ0) is 10.7. The number of nitrogens with two attached hydrogens (primary N) is 1. The molecule has 0 spiro atoms. The van der Waals surface area contributed by atoms with Crippen LogP contribution in [0.4, 0.5) is 4.39 Å². The highest BCUT2D eigenvalue weighted by Gasteiger charge is 2.08. The van der Waals surface area contributed by atoms with Crippen molar-refractivity contribution < 1.29 is 4.39 Å². The van der Waals surface area contributed by atoms with Crippen molar-refractivity contribution in [3.63, 3.8) is 0 Å². The first-order valence-corrected chi connectivity index (χ1v) is 4.68. The van der Waals surface area contributed by atoms with Crippen LogP contribution in [0.5, 0.6) is 0 Å². The van der Waals surface area contributed by atoms with Crippen molar-refractivity contribution in [2.45, 2.75) is 6.04 Å². The molecule has 2 rings (SSSR count). The van der Waals surface area contributed by atoms with Gasteiger partial charge in [0.05, 0.1) is 12.2 Å². The van der Waals surface area contributed by atoms with E-state index in [1.54, 1.807) is 6.20 Å². The van der Waals surface area contributed by atoms with Gasteiger partial charge in [0.1, 0.15) is 5.82 Å². The van der Waals surface area contributed by atoms with Gasteiger partial charge < -0.3 is 5.73 Å². The lowest BCUT2D eigenvalue weighted by Crippen LogP contribution is -2.12. The first-order chi connectivity index (χ1) is 7.27. The molecule has 0 amide bonds.